The van der Waals surface area contributed by atoms with Crippen LogP contribution in [0, 0.1) is 0 Å². The van der Waals surface area contributed by atoms with Crippen molar-refractivity contribution >= 4 is 0 Å². The first-order valence-corrected chi connectivity index (χ1v) is 7.19. The molecule has 1 aromatic carbocycles. The van der Waals surface area contributed by atoms with Gasteiger partial charge in [0.2, 0.25) is 0 Å². The third kappa shape index (κ3) is 3.74. The number of rotatable bonds is 4. The summed E-state index contributed by atoms with van der Waals surface area (Å²) in [4.78, 5) is 0. The zero-order chi connectivity index (χ0) is 12.8. The van der Waals surface area contributed by atoms with Gasteiger partial charge in [-0.05, 0) is 37.5 Å². The van der Waals surface area contributed by atoms with E-state index in [0.717, 1.165) is 5.75 Å². The van der Waals surface area contributed by atoms with E-state index in [1.807, 2.05) is 6.07 Å². The number of methoxy groups -OCH3 is 1. The van der Waals surface area contributed by atoms with Crippen molar-refractivity contribution in [2.75, 3.05) is 7.11 Å². The van der Waals surface area contributed by atoms with Crippen LogP contribution in [0.2, 0.25) is 0 Å². The smallest absolute Gasteiger partial charge is 0.119 e. The summed E-state index contributed by atoms with van der Waals surface area (Å²) in [6.07, 6.45) is 8.23. The summed E-state index contributed by atoms with van der Waals surface area (Å²) >= 11 is 0. The third-order valence-electron chi connectivity index (χ3n) is 3.93. The zero-order valence-electron chi connectivity index (χ0n) is 11.6. The summed E-state index contributed by atoms with van der Waals surface area (Å²) in [5.41, 5.74) is 1.32. The number of nitrogens with one attached hydrogen (secondary N) is 1. The lowest BCUT2D eigenvalue weighted by molar-refractivity contribution is 0.403. The Kier molecular flexibility index (Phi) is 5.06. The van der Waals surface area contributed by atoms with E-state index >= 15 is 0 Å². The molecular weight excluding hydrogens is 222 g/mol. The molecule has 0 unspecified atom stereocenters. The molecule has 2 rings (SSSR count). The van der Waals surface area contributed by atoms with Gasteiger partial charge in [-0.2, -0.15) is 0 Å². The summed E-state index contributed by atoms with van der Waals surface area (Å²) in [6, 6.07) is 9.48. The first kappa shape index (κ1) is 13.4. The van der Waals surface area contributed by atoms with E-state index in [4.69, 9.17) is 4.74 Å². The van der Waals surface area contributed by atoms with Gasteiger partial charge in [0.25, 0.3) is 0 Å². The maximum atomic E-state index is 5.29. The molecular formula is C16H25NO. The molecule has 1 fully saturated rings. The molecule has 0 radical (unpaired) electrons. The van der Waals surface area contributed by atoms with Gasteiger partial charge in [0, 0.05) is 12.1 Å². The molecule has 0 saturated heterocycles. The van der Waals surface area contributed by atoms with Crippen molar-refractivity contribution in [2.24, 2.45) is 0 Å². The first-order valence-electron chi connectivity index (χ1n) is 7.19. The zero-order valence-corrected chi connectivity index (χ0v) is 11.6. The highest BCUT2D eigenvalue weighted by atomic mass is 16.5. The first-order chi connectivity index (χ1) is 8.79. The molecule has 0 aromatic heterocycles. The van der Waals surface area contributed by atoms with Gasteiger partial charge in [-0.15, -0.1) is 0 Å². The van der Waals surface area contributed by atoms with E-state index < -0.39 is 0 Å². The molecule has 1 saturated carbocycles. The Morgan fingerprint density at radius 2 is 1.89 bits per heavy atom. The third-order valence-corrected chi connectivity index (χ3v) is 3.93. The quantitative estimate of drug-likeness (QED) is 0.810. The van der Waals surface area contributed by atoms with Crippen LogP contribution < -0.4 is 10.1 Å². The molecule has 0 bridgehead atoms. The minimum Gasteiger partial charge on any atom is -0.497 e. The molecule has 1 atom stereocenters. The second-order valence-corrected chi connectivity index (χ2v) is 5.35. The highest BCUT2D eigenvalue weighted by Crippen LogP contribution is 2.23. The summed E-state index contributed by atoms with van der Waals surface area (Å²) in [5, 5.41) is 3.77. The Balaban J connectivity index is 1.95. The molecule has 0 aliphatic heterocycles. The van der Waals surface area contributed by atoms with Crippen molar-refractivity contribution in [3.63, 3.8) is 0 Å². The van der Waals surface area contributed by atoms with Crippen LogP contribution in [0.5, 0.6) is 5.75 Å². The molecule has 2 heteroatoms. The van der Waals surface area contributed by atoms with Crippen LogP contribution in [0.4, 0.5) is 0 Å². The Morgan fingerprint density at radius 3 is 2.56 bits per heavy atom. The highest BCUT2D eigenvalue weighted by Gasteiger charge is 2.15. The number of hydrogen-bond acceptors (Lipinski definition) is 2. The standard InChI is InChI=1S/C16H25NO/c1-13(14-8-7-11-16(12-14)18-2)17-15-9-5-3-4-6-10-15/h7-8,11-13,15,17H,3-6,9-10H2,1-2H3/t13-/m1/s1. The van der Waals surface area contributed by atoms with E-state index in [0.29, 0.717) is 12.1 Å². The fraction of sp³-hybridized carbons (Fsp3) is 0.625. The topological polar surface area (TPSA) is 21.3 Å². The van der Waals surface area contributed by atoms with Crippen LogP contribution in [0.1, 0.15) is 57.1 Å². The molecule has 0 heterocycles. The normalized spacial score (nSPS) is 19.2. The summed E-state index contributed by atoms with van der Waals surface area (Å²) in [7, 11) is 1.72. The molecule has 0 amide bonds. The molecule has 1 aliphatic rings. The van der Waals surface area contributed by atoms with Gasteiger partial charge in [0.05, 0.1) is 7.11 Å². The lowest BCUT2D eigenvalue weighted by atomic mass is 10.0. The van der Waals surface area contributed by atoms with Gasteiger partial charge < -0.3 is 10.1 Å². The van der Waals surface area contributed by atoms with Gasteiger partial charge in [0.1, 0.15) is 5.75 Å². The predicted molar refractivity (Wildman–Crippen MR) is 76.0 cm³/mol. The summed E-state index contributed by atoms with van der Waals surface area (Å²) < 4.78 is 5.29. The number of hydrogen-bond donors (Lipinski definition) is 1. The fourth-order valence-electron chi connectivity index (χ4n) is 2.81. The highest BCUT2D eigenvalue weighted by molar-refractivity contribution is 5.30. The SMILES string of the molecule is COc1cccc([C@@H](C)NC2CCCCCC2)c1. The average Bonchev–Trinajstić information content (AvgIpc) is 2.67. The Hall–Kier alpha value is -1.02. The lowest BCUT2D eigenvalue weighted by Crippen LogP contribution is -2.31. The molecule has 1 aliphatic carbocycles. The van der Waals surface area contributed by atoms with Crippen molar-refractivity contribution in [2.45, 2.75) is 57.5 Å². The average molecular weight is 247 g/mol. The Labute approximate surface area is 111 Å². The van der Waals surface area contributed by atoms with Crippen LogP contribution in [-0.4, -0.2) is 13.2 Å². The van der Waals surface area contributed by atoms with Gasteiger partial charge in [0.15, 0.2) is 0 Å². The summed E-state index contributed by atoms with van der Waals surface area (Å²) in [5.74, 6) is 0.946. The van der Waals surface area contributed by atoms with Gasteiger partial charge in [-0.1, -0.05) is 37.8 Å². The van der Waals surface area contributed by atoms with Crippen LogP contribution in [0.25, 0.3) is 0 Å². The van der Waals surface area contributed by atoms with Crippen molar-refractivity contribution in [1.29, 1.82) is 0 Å². The molecule has 2 nitrogen and oxygen atoms in total. The number of benzene rings is 1. The maximum absolute atomic E-state index is 5.29. The van der Waals surface area contributed by atoms with E-state index in [1.54, 1.807) is 7.11 Å². The van der Waals surface area contributed by atoms with E-state index in [9.17, 15) is 0 Å². The van der Waals surface area contributed by atoms with Crippen molar-refractivity contribution in [3.8, 4) is 5.75 Å². The number of ether oxygens (including phenoxy) is 1. The van der Waals surface area contributed by atoms with Crippen LogP contribution in [0.3, 0.4) is 0 Å². The Bertz CT molecular complexity index is 356. The van der Waals surface area contributed by atoms with Crippen molar-refractivity contribution in [3.05, 3.63) is 29.8 Å². The van der Waals surface area contributed by atoms with Crippen molar-refractivity contribution in [1.82, 2.24) is 5.32 Å². The predicted octanol–water partition coefficient (Wildman–Crippen LogP) is 4.07. The van der Waals surface area contributed by atoms with Gasteiger partial charge in [-0.25, -0.2) is 0 Å². The molecule has 100 valence electrons. The molecule has 18 heavy (non-hydrogen) atoms. The Morgan fingerprint density at radius 1 is 1.17 bits per heavy atom. The van der Waals surface area contributed by atoms with Crippen LogP contribution in [0.15, 0.2) is 24.3 Å². The molecule has 0 spiro atoms. The monoisotopic (exact) mass is 247 g/mol. The van der Waals surface area contributed by atoms with E-state index in [1.165, 1.54) is 44.1 Å². The maximum Gasteiger partial charge on any atom is 0.119 e. The second kappa shape index (κ2) is 6.79. The second-order valence-electron chi connectivity index (χ2n) is 5.35. The van der Waals surface area contributed by atoms with Crippen LogP contribution in [-0.2, 0) is 0 Å². The van der Waals surface area contributed by atoms with Crippen molar-refractivity contribution < 1.29 is 4.74 Å². The van der Waals surface area contributed by atoms with E-state index in [2.05, 4.69) is 30.4 Å². The van der Waals surface area contributed by atoms with Gasteiger partial charge in [-0.3, -0.25) is 0 Å². The van der Waals surface area contributed by atoms with Gasteiger partial charge >= 0.3 is 0 Å². The summed E-state index contributed by atoms with van der Waals surface area (Å²) in [6.45, 7) is 2.25. The van der Waals surface area contributed by atoms with Crippen LogP contribution >= 0.6 is 0 Å². The minimum absolute atomic E-state index is 0.406. The molecule has 1 N–H and O–H groups in total. The fourth-order valence-corrected chi connectivity index (χ4v) is 2.81. The van der Waals surface area contributed by atoms with E-state index in [-0.39, 0.29) is 0 Å². The minimum atomic E-state index is 0.406. The largest absolute Gasteiger partial charge is 0.497 e. The lowest BCUT2D eigenvalue weighted by Gasteiger charge is -2.22. The molecule has 1 aromatic rings.